The van der Waals surface area contributed by atoms with E-state index in [4.69, 9.17) is 16.3 Å². The molecule has 2 aromatic rings. The molecule has 0 unspecified atom stereocenters. The Morgan fingerprint density at radius 3 is 2.57 bits per heavy atom. The molecular formula is C27H29ClN4O3. The number of nitrogens with zero attached hydrogens (tertiary/aromatic N) is 3. The second kappa shape index (κ2) is 10.9. The fourth-order valence-corrected chi connectivity index (χ4v) is 5.01. The molecule has 2 amide bonds. The van der Waals surface area contributed by atoms with Gasteiger partial charge >= 0.3 is 0 Å². The zero-order chi connectivity index (χ0) is 24.9. The fraction of sp³-hybridized carbons (Fsp3) is 0.407. The fourth-order valence-electron chi connectivity index (χ4n) is 4.78. The lowest BCUT2D eigenvalue weighted by Crippen LogP contribution is -2.39. The number of hydrogen-bond donors (Lipinski definition) is 1. The lowest BCUT2D eigenvalue weighted by molar-refractivity contribution is -0.135. The maximum Gasteiger partial charge on any atom is 0.255 e. The molecule has 0 radical (unpaired) electrons. The van der Waals surface area contributed by atoms with E-state index in [9.17, 15) is 14.9 Å². The van der Waals surface area contributed by atoms with Gasteiger partial charge in [0.2, 0.25) is 11.8 Å². The summed E-state index contributed by atoms with van der Waals surface area (Å²) in [4.78, 5) is 31.7. The summed E-state index contributed by atoms with van der Waals surface area (Å²) in [6.07, 6.45) is 8.17. The summed E-state index contributed by atoms with van der Waals surface area (Å²) in [5, 5.41) is 12.6. The van der Waals surface area contributed by atoms with Gasteiger partial charge in [0.1, 0.15) is 11.8 Å². The lowest BCUT2D eigenvalue weighted by atomic mass is 9.96. The summed E-state index contributed by atoms with van der Waals surface area (Å²) in [5.74, 6) is 0.342. The number of aromatic nitrogens is 1. The van der Waals surface area contributed by atoms with Crippen molar-refractivity contribution in [2.75, 3.05) is 25.5 Å². The van der Waals surface area contributed by atoms with E-state index in [0.717, 1.165) is 62.7 Å². The topological polar surface area (TPSA) is 95.3 Å². The largest absolute Gasteiger partial charge is 0.481 e. The number of halogens is 1. The van der Waals surface area contributed by atoms with Gasteiger partial charge in [0.05, 0.1) is 7.11 Å². The van der Waals surface area contributed by atoms with Gasteiger partial charge in [-0.25, -0.2) is 4.98 Å². The molecule has 2 fully saturated rings. The Hall–Kier alpha value is -3.37. The normalized spacial score (nSPS) is 16.1. The van der Waals surface area contributed by atoms with Gasteiger partial charge < -0.3 is 15.0 Å². The van der Waals surface area contributed by atoms with Gasteiger partial charge in [-0.15, -0.1) is 0 Å². The first kappa shape index (κ1) is 24.7. The molecule has 1 aliphatic heterocycles. The number of anilines is 1. The van der Waals surface area contributed by atoms with Crippen LogP contribution in [0.4, 0.5) is 5.69 Å². The number of likely N-dealkylation sites (tertiary alicyclic amines) is 1. The van der Waals surface area contributed by atoms with Gasteiger partial charge in [-0.3, -0.25) is 9.59 Å². The Morgan fingerprint density at radius 2 is 1.91 bits per heavy atom. The van der Waals surface area contributed by atoms with Crippen LogP contribution in [0.1, 0.15) is 65.7 Å². The van der Waals surface area contributed by atoms with Crippen LogP contribution < -0.4 is 10.1 Å². The van der Waals surface area contributed by atoms with Crippen molar-refractivity contribution in [3.05, 3.63) is 57.2 Å². The van der Waals surface area contributed by atoms with Crippen LogP contribution in [0.2, 0.25) is 5.02 Å². The van der Waals surface area contributed by atoms with Gasteiger partial charge in [-0.1, -0.05) is 36.1 Å². The predicted octanol–water partition coefficient (Wildman–Crippen LogP) is 5.37. The first-order valence-electron chi connectivity index (χ1n) is 11.9. The third-order valence-corrected chi connectivity index (χ3v) is 7.05. The van der Waals surface area contributed by atoms with Crippen LogP contribution >= 0.6 is 11.6 Å². The number of carbonyl (C=O) groups is 2. The van der Waals surface area contributed by atoms with Crippen molar-refractivity contribution in [2.45, 2.75) is 45.4 Å². The summed E-state index contributed by atoms with van der Waals surface area (Å²) in [7, 11) is 1.43. The maximum absolute atomic E-state index is 12.9. The molecule has 1 saturated carbocycles. The molecule has 8 heteroatoms. The Labute approximate surface area is 210 Å². The first-order chi connectivity index (χ1) is 16.9. The molecule has 1 aromatic heterocycles. The summed E-state index contributed by atoms with van der Waals surface area (Å²) in [5.41, 5.74) is 4.05. The van der Waals surface area contributed by atoms with Crippen LogP contribution in [0.3, 0.4) is 0 Å². The first-order valence-corrected chi connectivity index (χ1v) is 12.3. The Kier molecular flexibility index (Phi) is 7.72. The highest BCUT2D eigenvalue weighted by molar-refractivity contribution is 6.31. The monoisotopic (exact) mass is 492 g/mol. The number of amides is 2. The van der Waals surface area contributed by atoms with Gasteiger partial charge in [0.25, 0.3) is 5.91 Å². The molecule has 0 atom stereocenters. The molecule has 35 heavy (non-hydrogen) atoms. The van der Waals surface area contributed by atoms with Gasteiger partial charge in [0, 0.05) is 41.3 Å². The van der Waals surface area contributed by atoms with Crippen molar-refractivity contribution in [3.8, 4) is 11.9 Å². The number of hydrogen-bond acceptors (Lipinski definition) is 5. The van der Waals surface area contributed by atoms with Crippen LogP contribution in [-0.4, -0.2) is 41.9 Å². The molecule has 1 saturated heterocycles. The highest BCUT2D eigenvalue weighted by Crippen LogP contribution is 2.31. The lowest BCUT2D eigenvalue weighted by Gasteiger charge is -2.30. The molecule has 1 aromatic carbocycles. The Bertz CT molecular complexity index is 1200. The summed E-state index contributed by atoms with van der Waals surface area (Å²) >= 11 is 6.40. The third-order valence-electron chi connectivity index (χ3n) is 6.83. The van der Waals surface area contributed by atoms with E-state index >= 15 is 0 Å². The average Bonchev–Trinajstić information content (AvgIpc) is 3.41. The number of piperidine rings is 1. The maximum atomic E-state index is 12.9. The number of nitriles is 1. The molecule has 2 aliphatic rings. The van der Waals surface area contributed by atoms with E-state index in [-0.39, 0.29) is 29.0 Å². The molecular weight excluding hydrogens is 464 g/mol. The number of carbonyl (C=O) groups excluding carboxylic acids is 2. The van der Waals surface area contributed by atoms with Gasteiger partial charge in [-0.05, 0) is 61.9 Å². The Morgan fingerprint density at radius 1 is 1.20 bits per heavy atom. The van der Waals surface area contributed by atoms with Crippen molar-refractivity contribution in [1.29, 1.82) is 5.26 Å². The summed E-state index contributed by atoms with van der Waals surface area (Å²) in [6.45, 7) is 3.43. The minimum atomic E-state index is -0.384. The molecule has 4 rings (SSSR count). The molecule has 7 nitrogen and oxygen atoms in total. The second-order valence-electron chi connectivity index (χ2n) is 9.13. The number of pyridine rings is 1. The number of methoxy groups -OCH3 is 1. The van der Waals surface area contributed by atoms with E-state index < -0.39 is 0 Å². The molecule has 182 valence electrons. The highest BCUT2D eigenvalue weighted by Gasteiger charge is 2.28. The molecule has 1 aliphatic carbocycles. The van der Waals surface area contributed by atoms with Gasteiger partial charge in [-0.2, -0.15) is 5.26 Å². The highest BCUT2D eigenvalue weighted by atomic mass is 35.5. The Balaban J connectivity index is 1.48. The third kappa shape index (κ3) is 5.83. The molecule has 0 spiro atoms. The smallest absolute Gasteiger partial charge is 0.255 e. The molecule has 0 bridgehead atoms. The van der Waals surface area contributed by atoms with E-state index in [1.807, 2.05) is 24.0 Å². The van der Waals surface area contributed by atoms with Crippen molar-refractivity contribution in [2.24, 2.45) is 5.92 Å². The van der Waals surface area contributed by atoms with Crippen molar-refractivity contribution >= 4 is 35.2 Å². The van der Waals surface area contributed by atoms with Crippen molar-refractivity contribution in [1.82, 2.24) is 9.88 Å². The van der Waals surface area contributed by atoms with Crippen LogP contribution in [0.25, 0.3) is 6.08 Å². The summed E-state index contributed by atoms with van der Waals surface area (Å²) < 4.78 is 5.10. The standard InChI is InChI=1S/C27H29ClN4O3/c1-17-20(11-18-7-9-32(10-8-18)27(34)19-5-3-4-6-19)12-22(28)15-24(17)31-26(33)21-13-23(16-29)30-25(14-21)35-2/h11-15,19H,3-10H2,1-2H3,(H,31,33). The zero-order valence-electron chi connectivity index (χ0n) is 20.1. The van der Waals surface area contributed by atoms with Crippen LogP contribution in [0.15, 0.2) is 29.8 Å². The average molecular weight is 493 g/mol. The van der Waals surface area contributed by atoms with Crippen LogP contribution in [0.5, 0.6) is 5.88 Å². The van der Waals surface area contributed by atoms with E-state index in [2.05, 4.69) is 16.4 Å². The summed E-state index contributed by atoms with van der Waals surface area (Å²) in [6, 6.07) is 8.44. The quantitative estimate of drug-likeness (QED) is 0.605. The van der Waals surface area contributed by atoms with Crippen molar-refractivity contribution in [3.63, 3.8) is 0 Å². The SMILES string of the molecule is COc1cc(C(=O)Nc2cc(Cl)cc(C=C3CCN(C(=O)C4CCCC4)CC3)c2C)cc(C#N)n1. The number of nitrogens with one attached hydrogen (secondary N) is 1. The number of rotatable bonds is 5. The van der Waals surface area contributed by atoms with Gasteiger partial charge in [0.15, 0.2) is 0 Å². The minimum absolute atomic E-state index is 0.0977. The van der Waals surface area contributed by atoms with E-state index in [1.165, 1.54) is 24.8 Å². The predicted molar refractivity (Wildman–Crippen MR) is 135 cm³/mol. The number of benzene rings is 1. The van der Waals surface area contributed by atoms with Crippen LogP contribution in [0, 0.1) is 24.2 Å². The molecule has 2 heterocycles. The van der Waals surface area contributed by atoms with Crippen LogP contribution in [-0.2, 0) is 4.79 Å². The second-order valence-corrected chi connectivity index (χ2v) is 9.56. The van der Waals surface area contributed by atoms with E-state index in [0.29, 0.717) is 16.6 Å². The zero-order valence-corrected chi connectivity index (χ0v) is 20.8. The number of ether oxygens (including phenoxy) is 1. The molecule has 1 N–H and O–H groups in total. The van der Waals surface area contributed by atoms with Crippen molar-refractivity contribution < 1.29 is 14.3 Å². The van der Waals surface area contributed by atoms with E-state index in [1.54, 1.807) is 6.07 Å². The minimum Gasteiger partial charge on any atom is -0.481 e.